The van der Waals surface area contributed by atoms with Crippen LogP contribution in [0.25, 0.3) is 0 Å². The van der Waals surface area contributed by atoms with Crippen molar-refractivity contribution in [1.82, 2.24) is 0 Å². The molecule has 1 nitrogen and oxygen atoms in total. The van der Waals surface area contributed by atoms with Gasteiger partial charge in [-0.2, -0.15) is 0 Å². The van der Waals surface area contributed by atoms with Crippen LogP contribution in [0.2, 0.25) is 0 Å². The van der Waals surface area contributed by atoms with Gasteiger partial charge < -0.3 is 0 Å². The largest absolute Gasteiger partial charge is 0.299 e. The SMILES string of the molecule is C[C@H]1C[C@H]2[C@@H](CC[C@@H]3[C@@H]2CC[C@]2(C)C(=O)CC[C@@H]32)CC1(C)C. The summed E-state index contributed by atoms with van der Waals surface area (Å²) in [5.41, 5.74) is 0.605. The van der Waals surface area contributed by atoms with Crippen molar-refractivity contribution < 1.29 is 4.79 Å². The number of Topliss-reactive ketones (excluding diaryl/α,β-unsaturated/α-hetero) is 1. The minimum absolute atomic E-state index is 0.0631. The molecule has 4 aliphatic carbocycles. The highest BCUT2D eigenvalue weighted by molar-refractivity contribution is 5.87. The summed E-state index contributed by atoms with van der Waals surface area (Å²) in [7, 11) is 0. The van der Waals surface area contributed by atoms with E-state index in [1.807, 2.05) is 0 Å². The van der Waals surface area contributed by atoms with Crippen molar-refractivity contribution in [1.29, 1.82) is 0 Å². The molecule has 0 aromatic heterocycles. The summed E-state index contributed by atoms with van der Waals surface area (Å²) in [5, 5.41) is 0. The number of rotatable bonds is 0. The Hall–Kier alpha value is -0.330. The molecule has 1 heteroatoms. The number of ketones is 1. The maximum atomic E-state index is 12.4. The Kier molecular flexibility index (Phi) is 3.34. The van der Waals surface area contributed by atoms with E-state index in [0.717, 1.165) is 41.9 Å². The van der Waals surface area contributed by atoms with Crippen molar-refractivity contribution in [3.8, 4) is 0 Å². The number of carbonyl (C=O) groups excluding carboxylic acids is 1. The first-order valence-corrected chi connectivity index (χ1v) is 9.86. The predicted octanol–water partition coefficient (Wildman–Crippen LogP) is 5.48. The maximum absolute atomic E-state index is 12.4. The lowest BCUT2D eigenvalue weighted by atomic mass is 9.47. The standard InChI is InChI=1S/C21H34O/c1-13-11-17-14(12-20(13,2)3)5-6-16-15(17)9-10-21(4)18(16)7-8-19(21)22/h13-18H,5-12H2,1-4H3/t13-,14-,15-,16+,17-,18-,21-/m0/s1. The van der Waals surface area contributed by atoms with Crippen LogP contribution < -0.4 is 0 Å². The molecule has 0 aromatic rings. The predicted molar refractivity (Wildman–Crippen MR) is 90.4 cm³/mol. The van der Waals surface area contributed by atoms with Gasteiger partial charge in [0.2, 0.25) is 0 Å². The third-order valence-corrected chi connectivity index (χ3v) is 8.98. The fourth-order valence-corrected chi connectivity index (χ4v) is 7.23. The molecule has 0 radical (unpaired) electrons. The van der Waals surface area contributed by atoms with Crippen molar-refractivity contribution >= 4 is 5.78 Å². The number of carbonyl (C=O) groups is 1. The first-order valence-electron chi connectivity index (χ1n) is 9.86. The van der Waals surface area contributed by atoms with E-state index in [4.69, 9.17) is 0 Å². The molecule has 4 rings (SSSR count). The number of hydrogen-bond acceptors (Lipinski definition) is 1. The third-order valence-electron chi connectivity index (χ3n) is 8.98. The fraction of sp³-hybridized carbons (Fsp3) is 0.952. The molecule has 0 aromatic carbocycles. The molecule has 0 bridgehead atoms. The van der Waals surface area contributed by atoms with E-state index in [0.29, 0.717) is 11.2 Å². The van der Waals surface area contributed by atoms with Gasteiger partial charge in [-0.3, -0.25) is 4.79 Å². The van der Waals surface area contributed by atoms with Crippen LogP contribution >= 0.6 is 0 Å². The molecule has 0 amide bonds. The highest BCUT2D eigenvalue weighted by Crippen LogP contribution is 2.63. The van der Waals surface area contributed by atoms with Gasteiger partial charge in [-0.25, -0.2) is 0 Å². The Balaban J connectivity index is 1.59. The quantitative estimate of drug-likeness (QED) is 0.579. The Bertz CT molecular complexity index is 478. The van der Waals surface area contributed by atoms with Gasteiger partial charge in [0.25, 0.3) is 0 Å². The second kappa shape index (κ2) is 4.84. The Labute approximate surface area is 136 Å². The molecule has 0 unspecified atom stereocenters. The number of hydrogen-bond donors (Lipinski definition) is 0. The Morgan fingerprint density at radius 1 is 0.955 bits per heavy atom. The zero-order valence-electron chi connectivity index (χ0n) is 15.0. The van der Waals surface area contributed by atoms with Gasteiger partial charge in [0, 0.05) is 11.8 Å². The van der Waals surface area contributed by atoms with Gasteiger partial charge in [0.15, 0.2) is 0 Å². The van der Waals surface area contributed by atoms with Crippen LogP contribution in [0.1, 0.15) is 79.1 Å². The molecule has 0 N–H and O–H groups in total. The average Bonchev–Trinajstić information content (AvgIpc) is 2.76. The van der Waals surface area contributed by atoms with Crippen molar-refractivity contribution in [3.63, 3.8) is 0 Å². The monoisotopic (exact) mass is 302 g/mol. The summed E-state index contributed by atoms with van der Waals surface area (Å²) in [6.07, 6.45) is 10.4. The summed E-state index contributed by atoms with van der Waals surface area (Å²) in [4.78, 5) is 12.4. The highest BCUT2D eigenvalue weighted by Gasteiger charge is 2.57. The van der Waals surface area contributed by atoms with Crippen LogP contribution in [0.5, 0.6) is 0 Å². The van der Waals surface area contributed by atoms with E-state index in [-0.39, 0.29) is 5.41 Å². The van der Waals surface area contributed by atoms with Crippen molar-refractivity contribution in [2.75, 3.05) is 0 Å². The second-order valence-corrected chi connectivity index (χ2v) is 10.2. The lowest BCUT2D eigenvalue weighted by Gasteiger charge is -2.57. The second-order valence-electron chi connectivity index (χ2n) is 10.2. The van der Waals surface area contributed by atoms with E-state index in [1.165, 1.54) is 44.9 Å². The van der Waals surface area contributed by atoms with Crippen LogP contribution in [-0.2, 0) is 4.79 Å². The minimum Gasteiger partial charge on any atom is -0.299 e. The van der Waals surface area contributed by atoms with E-state index >= 15 is 0 Å². The first-order chi connectivity index (χ1) is 10.3. The van der Waals surface area contributed by atoms with Gasteiger partial charge >= 0.3 is 0 Å². The molecule has 4 aliphatic rings. The molecule has 0 spiro atoms. The first kappa shape index (κ1) is 15.2. The van der Waals surface area contributed by atoms with Crippen molar-refractivity contribution in [2.24, 2.45) is 46.3 Å². The smallest absolute Gasteiger partial charge is 0.139 e. The van der Waals surface area contributed by atoms with E-state index in [2.05, 4.69) is 27.7 Å². The average molecular weight is 303 g/mol. The Morgan fingerprint density at radius 2 is 1.73 bits per heavy atom. The molecule has 124 valence electrons. The molecule has 0 heterocycles. The molecule has 0 aliphatic heterocycles. The molecule has 22 heavy (non-hydrogen) atoms. The molecule has 0 saturated heterocycles. The van der Waals surface area contributed by atoms with Crippen LogP contribution in [-0.4, -0.2) is 5.78 Å². The highest BCUT2D eigenvalue weighted by atomic mass is 16.1. The number of fused-ring (bicyclic) bond motifs is 5. The zero-order valence-corrected chi connectivity index (χ0v) is 15.0. The molecule has 4 fully saturated rings. The zero-order chi connectivity index (χ0) is 15.7. The van der Waals surface area contributed by atoms with Crippen LogP contribution in [0.4, 0.5) is 0 Å². The third kappa shape index (κ3) is 1.99. The summed E-state index contributed by atoms with van der Waals surface area (Å²) >= 11 is 0. The van der Waals surface area contributed by atoms with Gasteiger partial charge in [0.05, 0.1) is 0 Å². The normalized spacial score (nSPS) is 53.5. The molecular formula is C21H34O. The topological polar surface area (TPSA) is 17.1 Å². The molecular weight excluding hydrogens is 268 g/mol. The molecule has 4 saturated carbocycles. The van der Waals surface area contributed by atoms with Gasteiger partial charge in [-0.15, -0.1) is 0 Å². The van der Waals surface area contributed by atoms with Crippen LogP contribution in [0, 0.1) is 46.3 Å². The van der Waals surface area contributed by atoms with Gasteiger partial charge in [0.1, 0.15) is 5.78 Å². The van der Waals surface area contributed by atoms with Crippen LogP contribution in [0.3, 0.4) is 0 Å². The lowest BCUT2D eigenvalue weighted by molar-refractivity contribution is -0.134. The Morgan fingerprint density at radius 3 is 2.50 bits per heavy atom. The lowest BCUT2D eigenvalue weighted by Crippen LogP contribution is -2.50. The van der Waals surface area contributed by atoms with E-state index in [1.54, 1.807) is 0 Å². The summed E-state index contributed by atoms with van der Waals surface area (Å²) < 4.78 is 0. The van der Waals surface area contributed by atoms with Gasteiger partial charge in [-0.05, 0) is 85.9 Å². The van der Waals surface area contributed by atoms with Crippen molar-refractivity contribution in [2.45, 2.75) is 79.1 Å². The van der Waals surface area contributed by atoms with Crippen LogP contribution in [0.15, 0.2) is 0 Å². The minimum atomic E-state index is 0.0631. The van der Waals surface area contributed by atoms with E-state index in [9.17, 15) is 4.79 Å². The summed E-state index contributed by atoms with van der Waals surface area (Å²) in [6, 6.07) is 0. The maximum Gasteiger partial charge on any atom is 0.139 e. The fourth-order valence-electron chi connectivity index (χ4n) is 7.23. The summed E-state index contributed by atoms with van der Waals surface area (Å²) in [5.74, 6) is 5.96. The summed E-state index contributed by atoms with van der Waals surface area (Å²) in [6.45, 7) is 9.79. The van der Waals surface area contributed by atoms with Crippen molar-refractivity contribution in [3.05, 3.63) is 0 Å². The van der Waals surface area contributed by atoms with E-state index < -0.39 is 0 Å². The molecule has 7 atom stereocenters. The van der Waals surface area contributed by atoms with Gasteiger partial charge in [-0.1, -0.05) is 27.7 Å².